The predicted molar refractivity (Wildman–Crippen MR) is 102 cm³/mol. The van der Waals surface area contributed by atoms with Gasteiger partial charge in [-0.25, -0.2) is 0 Å². The van der Waals surface area contributed by atoms with Gasteiger partial charge in [0.1, 0.15) is 6.10 Å². The van der Waals surface area contributed by atoms with Crippen molar-refractivity contribution < 1.29 is 25.0 Å². The molecular formula is C21H33NO5. The molecule has 1 fully saturated rings. The lowest BCUT2D eigenvalue weighted by molar-refractivity contribution is -0.137. The van der Waals surface area contributed by atoms with Gasteiger partial charge in [-0.15, -0.1) is 0 Å². The molecule has 0 aromatic carbocycles. The number of hydroxylamine groups is 1. The molecule has 0 aromatic heterocycles. The maximum absolute atomic E-state index is 10.5. The number of carbonyl (C=O) groups is 1. The second kappa shape index (κ2) is 10.7. The van der Waals surface area contributed by atoms with E-state index in [0.29, 0.717) is 31.8 Å². The number of carboxylic acid groups (broad SMARTS) is 1. The van der Waals surface area contributed by atoms with Gasteiger partial charge in [0.05, 0.1) is 18.6 Å². The Balaban J connectivity index is 1.78. The van der Waals surface area contributed by atoms with Crippen molar-refractivity contribution in [3.8, 4) is 11.8 Å². The topological polar surface area (TPSA) is 99.0 Å². The number of aliphatic hydroxyl groups is 2. The number of aliphatic carboxylic acids is 1. The van der Waals surface area contributed by atoms with Crippen molar-refractivity contribution in [1.82, 2.24) is 5.48 Å². The molecule has 6 heteroatoms. The van der Waals surface area contributed by atoms with Crippen molar-refractivity contribution in [2.75, 3.05) is 6.61 Å². The first-order valence-electron chi connectivity index (χ1n) is 10.1. The number of carboxylic acids is 1. The molecule has 152 valence electrons. The van der Waals surface area contributed by atoms with Gasteiger partial charge in [0.25, 0.3) is 0 Å². The third kappa shape index (κ3) is 6.24. The minimum atomic E-state index is -0.827. The van der Waals surface area contributed by atoms with E-state index >= 15 is 0 Å². The van der Waals surface area contributed by atoms with Gasteiger partial charge >= 0.3 is 5.97 Å². The van der Waals surface area contributed by atoms with Gasteiger partial charge in [-0.2, -0.15) is 0 Å². The van der Waals surface area contributed by atoms with E-state index in [0.717, 1.165) is 37.0 Å². The molecule has 2 rings (SSSR count). The SMILES string of the molecule is CCC(CC)CCC(O)C#CC1C(O)CC2=C(NOCCCC(=O)O)CC21. The van der Waals surface area contributed by atoms with Crippen LogP contribution in [0.3, 0.4) is 0 Å². The van der Waals surface area contributed by atoms with Crippen molar-refractivity contribution in [3.05, 3.63) is 11.3 Å². The van der Waals surface area contributed by atoms with E-state index in [1.165, 1.54) is 0 Å². The zero-order chi connectivity index (χ0) is 19.8. The van der Waals surface area contributed by atoms with Crippen LogP contribution in [0.15, 0.2) is 11.3 Å². The zero-order valence-corrected chi connectivity index (χ0v) is 16.4. The van der Waals surface area contributed by atoms with E-state index in [9.17, 15) is 15.0 Å². The summed E-state index contributed by atoms with van der Waals surface area (Å²) in [4.78, 5) is 15.8. The molecule has 0 heterocycles. The molecule has 0 spiro atoms. The number of hydrogen-bond acceptors (Lipinski definition) is 5. The Morgan fingerprint density at radius 2 is 2.04 bits per heavy atom. The van der Waals surface area contributed by atoms with Crippen LogP contribution < -0.4 is 5.48 Å². The lowest BCUT2D eigenvalue weighted by atomic mass is 9.79. The average Bonchev–Trinajstić information content (AvgIpc) is 2.87. The van der Waals surface area contributed by atoms with Crippen molar-refractivity contribution in [1.29, 1.82) is 0 Å². The first kappa shape index (κ1) is 21.7. The molecule has 4 N–H and O–H groups in total. The quantitative estimate of drug-likeness (QED) is 0.250. The average molecular weight is 379 g/mol. The normalized spacial score (nSPS) is 24.9. The summed E-state index contributed by atoms with van der Waals surface area (Å²) in [6, 6.07) is 0. The fourth-order valence-electron chi connectivity index (χ4n) is 3.90. The zero-order valence-electron chi connectivity index (χ0n) is 16.4. The fourth-order valence-corrected chi connectivity index (χ4v) is 3.90. The van der Waals surface area contributed by atoms with E-state index in [2.05, 4.69) is 31.2 Å². The van der Waals surface area contributed by atoms with Crippen molar-refractivity contribution >= 4 is 5.97 Å². The van der Waals surface area contributed by atoms with Gasteiger partial charge in [0.2, 0.25) is 0 Å². The van der Waals surface area contributed by atoms with E-state index in [4.69, 9.17) is 9.94 Å². The molecule has 4 atom stereocenters. The highest BCUT2D eigenvalue weighted by molar-refractivity contribution is 5.66. The second-order valence-corrected chi connectivity index (χ2v) is 7.62. The molecule has 4 unspecified atom stereocenters. The van der Waals surface area contributed by atoms with Crippen LogP contribution in [0.25, 0.3) is 0 Å². The number of fused-ring (bicyclic) bond motifs is 1. The van der Waals surface area contributed by atoms with Crippen LogP contribution in [-0.2, 0) is 9.63 Å². The highest BCUT2D eigenvalue weighted by Gasteiger charge is 2.45. The fraction of sp³-hybridized carbons (Fsp3) is 0.762. The molecule has 0 radical (unpaired) electrons. The number of aliphatic hydroxyl groups excluding tert-OH is 2. The van der Waals surface area contributed by atoms with Crippen molar-refractivity contribution in [2.24, 2.45) is 17.8 Å². The smallest absolute Gasteiger partial charge is 0.303 e. The Bertz CT molecular complexity index is 587. The Morgan fingerprint density at radius 1 is 1.30 bits per heavy atom. The molecular weight excluding hydrogens is 346 g/mol. The molecule has 0 saturated heterocycles. The van der Waals surface area contributed by atoms with Crippen LogP contribution >= 0.6 is 0 Å². The standard InChI is InChI=1S/C21H33NO5/c1-3-14(4-2)7-8-15(23)9-10-16-17-12-19(18(17)13-20(16)24)22-27-11-5-6-21(25)26/h14-17,20,22-24H,3-8,11-13H2,1-2H3,(H,25,26). The van der Waals surface area contributed by atoms with Crippen LogP contribution in [0.2, 0.25) is 0 Å². The third-order valence-corrected chi connectivity index (χ3v) is 5.79. The summed E-state index contributed by atoms with van der Waals surface area (Å²) < 4.78 is 0. The minimum absolute atomic E-state index is 0.0895. The highest BCUT2D eigenvalue weighted by Crippen LogP contribution is 2.48. The minimum Gasteiger partial charge on any atom is -0.481 e. The molecule has 0 aliphatic heterocycles. The van der Waals surface area contributed by atoms with Crippen molar-refractivity contribution in [2.45, 2.75) is 77.4 Å². The molecule has 6 nitrogen and oxygen atoms in total. The van der Waals surface area contributed by atoms with E-state index in [1.807, 2.05) is 0 Å². The van der Waals surface area contributed by atoms with Gasteiger partial charge < -0.3 is 15.3 Å². The molecule has 0 bridgehead atoms. The molecule has 1 saturated carbocycles. The second-order valence-electron chi connectivity index (χ2n) is 7.62. The first-order chi connectivity index (χ1) is 13.0. The van der Waals surface area contributed by atoms with Crippen molar-refractivity contribution in [3.63, 3.8) is 0 Å². The summed E-state index contributed by atoms with van der Waals surface area (Å²) in [5, 5.41) is 29.0. The van der Waals surface area contributed by atoms with Crippen LogP contribution in [0, 0.1) is 29.6 Å². The van der Waals surface area contributed by atoms with Crippen LogP contribution in [0.1, 0.15) is 65.2 Å². The number of nitrogens with one attached hydrogen (secondary N) is 1. The van der Waals surface area contributed by atoms with Gasteiger partial charge in [-0.05, 0) is 43.6 Å². The predicted octanol–water partition coefficient (Wildman–Crippen LogP) is 2.61. The lowest BCUT2D eigenvalue weighted by Crippen LogP contribution is -2.30. The molecule has 0 amide bonds. The van der Waals surface area contributed by atoms with Crippen LogP contribution in [0.5, 0.6) is 0 Å². The monoisotopic (exact) mass is 379 g/mol. The highest BCUT2D eigenvalue weighted by atomic mass is 16.6. The third-order valence-electron chi connectivity index (χ3n) is 5.79. The maximum atomic E-state index is 10.5. The summed E-state index contributed by atoms with van der Waals surface area (Å²) in [5.74, 6) is 5.97. The largest absolute Gasteiger partial charge is 0.481 e. The molecule has 2 aliphatic rings. The van der Waals surface area contributed by atoms with Crippen LogP contribution in [0.4, 0.5) is 0 Å². The maximum Gasteiger partial charge on any atom is 0.303 e. The molecule has 0 aromatic rings. The number of rotatable bonds is 11. The first-order valence-corrected chi connectivity index (χ1v) is 10.1. The summed E-state index contributed by atoms with van der Waals surface area (Å²) in [6.45, 7) is 4.68. The van der Waals surface area contributed by atoms with E-state index < -0.39 is 18.2 Å². The van der Waals surface area contributed by atoms with Gasteiger partial charge in [0, 0.05) is 18.0 Å². The summed E-state index contributed by atoms with van der Waals surface area (Å²) >= 11 is 0. The number of allylic oxidation sites excluding steroid dienone is 1. The Hall–Kier alpha value is -1.55. The van der Waals surface area contributed by atoms with Gasteiger partial charge in [0.15, 0.2) is 0 Å². The Labute approximate surface area is 161 Å². The van der Waals surface area contributed by atoms with E-state index in [-0.39, 0.29) is 18.3 Å². The summed E-state index contributed by atoms with van der Waals surface area (Å²) in [6.07, 6.45) is 4.70. The molecule has 2 aliphatic carbocycles. The summed E-state index contributed by atoms with van der Waals surface area (Å²) in [7, 11) is 0. The van der Waals surface area contributed by atoms with Crippen LogP contribution in [-0.4, -0.2) is 40.1 Å². The van der Waals surface area contributed by atoms with Gasteiger partial charge in [-0.1, -0.05) is 38.5 Å². The van der Waals surface area contributed by atoms with Gasteiger partial charge in [-0.3, -0.25) is 15.1 Å². The lowest BCUT2D eigenvalue weighted by Gasteiger charge is -2.30. The van der Waals surface area contributed by atoms with E-state index in [1.54, 1.807) is 0 Å². The number of hydrogen-bond donors (Lipinski definition) is 4. The Morgan fingerprint density at radius 3 is 2.70 bits per heavy atom. The Kier molecular flexibility index (Phi) is 8.62. The molecule has 27 heavy (non-hydrogen) atoms. The summed E-state index contributed by atoms with van der Waals surface area (Å²) in [5.41, 5.74) is 5.02.